The molecule has 0 saturated heterocycles. The Morgan fingerprint density at radius 1 is 1.17 bits per heavy atom. The van der Waals surface area contributed by atoms with Crippen LogP contribution in [-0.4, -0.2) is 33.9 Å². The van der Waals surface area contributed by atoms with Crippen LogP contribution in [0.4, 0.5) is 11.5 Å². The fourth-order valence-corrected chi connectivity index (χ4v) is 2.67. The molecule has 0 radical (unpaired) electrons. The van der Waals surface area contributed by atoms with Crippen LogP contribution in [0.3, 0.4) is 0 Å². The van der Waals surface area contributed by atoms with Crippen LogP contribution >= 0.6 is 15.9 Å². The van der Waals surface area contributed by atoms with Crippen molar-refractivity contribution in [3.63, 3.8) is 0 Å². The van der Waals surface area contributed by atoms with Crippen LogP contribution in [0.5, 0.6) is 0 Å². The first-order chi connectivity index (χ1) is 11.1. The van der Waals surface area contributed by atoms with Gasteiger partial charge in [-0.3, -0.25) is 4.79 Å². The fourth-order valence-electron chi connectivity index (χ4n) is 2.27. The first-order valence-corrected chi connectivity index (χ1v) is 8.57. The van der Waals surface area contributed by atoms with Gasteiger partial charge < -0.3 is 10.2 Å². The lowest BCUT2D eigenvalue weighted by Gasteiger charge is -2.21. The van der Waals surface area contributed by atoms with Gasteiger partial charge in [-0.25, -0.2) is 9.97 Å². The smallest absolute Gasteiger partial charge is 0.272 e. The molecule has 0 aliphatic rings. The van der Waals surface area contributed by atoms with Crippen LogP contribution in [-0.2, 0) is 0 Å². The van der Waals surface area contributed by atoms with Crippen molar-refractivity contribution in [1.82, 2.24) is 14.9 Å². The minimum Gasteiger partial charge on any atom is -0.340 e. The molecular formula is C17H21BrN4O. The van der Waals surface area contributed by atoms with Gasteiger partial charge in [-0.2, -0.15) is 0 Å². The number of nitrogens with one attached hydrogen (secondary N) is 1. The number of carbonyl (C=O) groups is 1. The summed E-state index contributed by atoms with van der Waals surface area (Å²) in [5, 5.41) is 3.19. The summed E-state index contributed by atoms with van der Waals surface area (Å²) in [7, 11) is 0. The predicted molar refractivity (Wildman–Crippen MR) is 95.9 cm³/mol. The van der Waals surface area contributed by atoms with Crippen molar-refractivity contribution in [3.05, 3.63) is 46.8 Å². The lowest BCUT2D eigenvalue weighted by atomic mass is 10.2. The van der Waals surface area contributed by atoms with E-state index in [-0.39, 0.29) is 5.91 Å². The third-order valence-electron chi connectivity index (χ3n) is 3.26. The lowest BCUT2D eigenvalue weighted by Crippen LogP contribution is -2.33. The van der Waals surface area contributed by atoms with E-state index in [1.54, 1.807) is 6.07 Å². The van der Waals surface area contributed by atoms with E-state index in [0.717, 1.165) is 36.1 Å². The lowest BCUT2D eigenvalue weighted by molar-refractivity contribution is 0.0749. The second-order valence-corrected chi connectivity index (χ2v) is 6.13. The molecule has 1 aromatic heterocycles. The Hall–Kier alpha value is -1.95. The Bertz CT molecular complexity index is 657. The molecule has 0 aliphatic heterocycles. The van der Waals surface area contributed by atoms with Crippen LogP contribution in [0.2, 0.25) is 0 Å². The maximum Gasteiger partial charge on any atom is 0.272 e. The van der Waals surface area contributed by atoms with E-state index < -0.39 is 0 Å². The van der Waals surface area contributed by atoms with Gasteiger partial charge in [-0.05, 0) is 31.0 Å². The average Bonchev–Trinajstić information content (AvgIpc) is 2.54. The highest BCUT2D eigenvalue weighted by molar-refractivity contribution is 9.10. The molecule has 2 aromatic rings. The molecule has 0 spiro atoms. The second-order valence-electron chi connectivity index (χ2n) is 5.22. The Morgan fingerprint density at radius 2 is 1.91 bits per heavy atom. The summed E-state index contributed by atoms with van der Waals surface area (Å²) in [6.07, 6.45) is 3.28. The number of hydrogen-bond acceptors (Lipinski definition) is 4. The van der Waals surface area contributed by atoms with E-state index in [1.165, 1.54) is 6.33 Å². The van der Waals surface area contributed by atoms with Crippen molar-refractivity contribution in [2.24, 2.45) is 0 Å². The van der Waals surface area contributed by atoms with Gasteiger partial charge >= 0.3 is 0 Å². The van der Waals surface area contributed by atoms with Crippen molar-refractivity contribution < 1.29 is 4.79 Å². The monoisotopic (exact) mass is 376 g/mol. The molecule has 0 bridgehead atoms. The molecule has 0 saturated carbocycles. The molecule has 0 fully saturated rings. The highest BCUT2D eigenvalue weighted by atomic mass is 79.9. The number of nitrogens with zero attached hydrogens (tertiary/aromatic N) is 3. The van der Waals surface area contributed by atoms with E-state index in [1.807, 2.05) is 29.2 Å². The van der Waals surface area contributed by atoms with Crippen LogP contribution < -0.4 is 5.32 Å². The Balaban J connectivity index is 2.16. The average molecular weight is 377 g/mol. The van der Waals surface area contributed by atoms with Gasteiger partial charge in [0, 0.05) is 29.3 Å². The second kappa shape index (κ2) is 8.62. The fraction of sp³-hybridized carbons (Fsp3) is 0.353. The molecule has 6 heteroatoms. The van der Waals surface area contributed by atoms with Crippen LogP contribution in [0.25, 0.3) is 0 Å². The molecule has 1 N–H and O–H groups in total. The zero-order valence-electron chi connectivity index (χ0n) is 13.4. The normalized spacial score (nSPS) is 10.4. The number of rotatable bonds is 7. The van der Waals surface area contributed by atoms with E-state index in [0.29, 0.717) is 11.5 Å². The Morgan fingerprint density at radius 3 is 2.57 bits per heavy atom. The predicted octanol–water partition coefficient (Wildman–Crippen LogP) is 4.24. The molecular weight excluding hydrogens is 356 g/mol. The minimum absolute atomic E-state index is 0.0478. The summed E-state index contributed by atoms with van der Waals surface area (Å²) in [5.41, 5.74) is 1.31. The third-order valence-corrected chi connectivity index (χ3v) is 3.75. The highest BCUT2D eigenvalue weighted by Crippen LogP contribution is 2.19. The van der Waals surface area contributed by atoms with Gasteiger partial charge in [-0.15, -0.1) is 0 Å². The summed E-state index contributed by atoms with van der Waals surface area (Å²) < 4.78 is 0.977. The third kappa shape index (κ3) is 5.03. The molecule has 2 rings (SSSR count). The van der Waals surface area contributed by atoms with Crippen LogP contribution in [0, 0.1) is 0 Å². The topological polar surface area (TPSA) is 58.1 Å². The summed E-state index contributed by atoms with van der Waals surface area (Å²) in [6.45, 7) is 5.61. The molecule has 1 aromatic carbocycles. The molecule has 0 atom stereocenters. The summed E-state index contributed by atoms with van der Waals surface area (Å²) in [4.78, 5) is 22.7. The standard InChI is InChI=1S/C17H21BrN4O/c1-3-8-22(9-4-2)17(23)15-11-16(20-12-19-15)21-14-7-5-6-13(18)10-14/h5-7,10-12H,3-4,8-9H2,1-2H3,(H,19,20,21). The number of aromatic nitrogens is 2. The van der Waals surface area contributed by atoms with Crippen molar-refractivity contribution in [3.8, 4) is 0 Å². The molecule has 1 heterocycles. The van der Waals surface area contributed by atoms with Gasteiger partial charge in [-0.1, -0.05) is 35.8 Å². The number of anilines is 2. The van der Waals surface area contributed by atoms with E-state index in [9.17, 15) is 4.79 Å². The van der Waals surface area contributed by atoms with Gasteiger partial charge in [0.15, 0.2) is 0 Å². The van der Waals surface area contributed by atoms with Gasteiger partial charge in [0.1, 0.15) is 17.8 Å². The molecule has 0 aliphatic carbocycles. The summed E-state index contributed by atoms with van der Waals surface area (Å²) in [5.74, 6) is 0.558. The molecule has 122 valence electrons. The molecule has 23 heavy (non-hydrogen) atoms. The largest absolute Gasteiger partial charge is 0.340 e. The first-order valence-electron chi connectivity index (χ1n) is 7.78. The molecule has 5 nitrogen and oxygen atoms in total. The molecule has 1 amide bonds. The quantitative estimate of drug-likeness (QED) is 0.784. The SMILES string of the molecule is CCCN(CCC)C(=O)c1cc(Nc2cccc(Br)c2)ncn1. The van der Waals surface area contributed by atoms with Crippen LogP contribution in [0.1, 0.15) is 37.2 Å². The van der Waals surface area contributed by atoms with E-state index in [2.05, 4.69) is 45.1 Å². The zero-order valence-corrected chi connectivity index (χ0v) is 15.0. The number of carbonyl (C=O) groups excluding carboxylic acids is 1. The van der Waals surface area contributed by atoms with Gasteiger partial charge in [0.2, 0.25) is 0 Å². The minimum atomic E-state index is -0.0478. The number of hydrogen-bond donors (Lipinski definition) is 1. The van der Waals surface area contributed by atoms with Crippen molar-refractivity contribution in [1.29, 1.82) is 0 Å². The number of benzene rings is 1. The maximum atomic E-state index is 12.6. The van der Waals surface area contributed by atoms with E-state index >= 15 is 0 Å². The molecule has 0 unspecified atom stereocenters. The van der Waals surface area contributed by atoms with Crippen LogP contribution in [0.15, 0.2) is 41.1 Å². The summed E-state index contributed by atoms with van der Waals surface area (Å²) >= 11 is 3.43. The number of amides is 1. The number of halogens is 1. The van der Waals surface area contributed by atoms with Crippen molar-refractivity contribution in [2.75, 3.05) is 18.4 Å². The van der Waals surface area contributed by atoms with Gasteiger partial charge in [0.05, 0.1) is 0 Å². The zero-order chi connectivity index (χ0) is 16.7. The Labute approximate surface area is 145 Å². The van der Waals surface area contributed by atoms with Crippen molar-refractivity contribution >= 4 is 33.3 Å². The Kier molecular flexibility index (Phi) is 6.52. The highest BCUT2D eigenvalue weighted by Gasteiger charge is 2.16. The van der Waals surface area contributed by atoms with Crippen molar-refractivity contribution in [2.45, 2.75) is 26.7 Å². The first kappa shape index (κ1) is 17.4. The summed E-state index contributed by atoms with van der Waals surface area (Å²) in [6, 6.07) is 9.47. The maximum absolute atomic E-state index is 12.6. The van der Waals surface area contributed by atoms with E-state index in [4.69, 9.17) is 0 Å². The van der Waals surface area contributed by atoms with Gasteiger partial charge in [0.25, 0.3) is 5.91 Å².